The Hall–Kier alpha value is -1.58. The summed E-state index contributed by atoms with van der Waals surface area (Å²) < 4.78 is 18.6. The molecule has 3 nitrogen and oxygen atoms in total. The first-order chi connectivity index (χ1) is 7.20. The average Bonchev–Trinajstić information content (AvgIpc) is 2.08. The lowest BCUT2D eigenvalue weighted by Gasteiger charge is -2.19. The molecule has 0 aliphatic rings. The highest BCUT2D eigenvalue weighted by atomic mass is 19.1. The lowest BCUT2D eigenvalue weighted by Crippen LogP contribution is -2.24. The lowest BCUT2D eigenvalue weighted by molar-refractivity contribution is 0.00648. The Kier molecular flexibility index (Phi) is 3.21. The van der Waals surface area contributed by atoms with Crippen molar-refractivity contribution in [3.8, 4) is 0 Å². The maximum atomic E-state index is 13.5. The molecule has 0 saturated carbocycles. The van der Waals surface area contributed by atoms with Crippen LogP contribution in [0.15, 0.2) is 12.1 Å². The summed E-state index contributed by atoms with van der Waals surface area (Å²) in [5.41, 5.74) is 5.82. The summed E-state index contributed by atoms with van der Waals surface area (Å²) in [5, 5.41) is 0. The number of carbonyl (C=O) groups is 1. The van der Waals surface area contributed by atoms with E-state index in [1.54, 1.807) is 27.7 Å². The second-order valence-corrected chi connectivity index (χ2v) is 4.69. The summed E-state index contributed by atoms with van der Waals surface area (Å²) in [6, 6.07) is 2.54. The highest BCUT2D eigenvalue weighted by Gasteiger charge is 2.21. The fraction of sp³-hybridized carbons (Fsp3) is 0.417. The molecule has 0 aliphatic heterocycles. The summed E-state index contributed by atoms with van der Waals surface area (Å²) in [7, 11) is 0. The van der Waals surface area contributed by atoms with Gasteiger partial charge in [-0.2, -0.15) is 0 Å². The van der Waals surface area contributed by atoms with Crippen molar-refractivity contribution >= 4 is 11.7 Å². The number of carbonyl (C=O) groups excluding carboxylic acids is 1. The molecule has 0 atom stereocenters. The van der Waals surface area contributed by atoms with Gasteiger partial charge in [-0.15, -0.1) is 0 Å². The van der Waals surface area contributed by atoms with Gasteiger partial charge in [0.2, 0.25) is 0 Å². The molecule has 0 aliphatic carbocycles. The molecule has 0 heterocycles. The average molecular weight is 225 g/mol. The van der Waals surface area contributed by atoms with Crippen LogP contribution in [-0.2, 0) is 4.74 Å². The van der Waals surface area contributed by atoms with E-state index < -0.39 is 17.4 Å². The number of hydrogen-bond donors (Lipinski definition) is 1. The number of esters is 1. The number of benzene rings is 1. The van der Waals surface area contributed by atoms with E-state index in [1.807, 2.05) is 0 Å². The molecular formula is C12H16FNO2. The third kappa shape index (κ3) is 2.95. The van der Waals surface area contributed by atoms with E-state index in [2.05, 4.69) is 0 Å². The van der Waals surface area contributed by atoms with Gasteiger partial charge in [0.15, 0.2) is 0 Å². The molecule has 1 rings (SSSR count). The summed E-state index contributed by atoms with van der Waals surface area (Å²) in [6.07, 6.45) is 0. The fourth-order valence-corrected chi connectivity index (χ4v) is 1.18. The molecule has 0 bridgehead atoms. The molecule has 0 aromatic heterocycles. The predicted octanol–water partition coefficient (Wildman–Crippen LogP) is 2.67. The first-order valence-electron chi connectivity index (χ1n) is 4.99. The Morgan fingerprint density at radius 3 is 2.44 bits per heavy atom. The van der Waals surface area contributed by atoms with Crippen LogP contribution in [0.25, 0.3) is 0 Å². The minimum atomic E-state index is -0.698. The topological polar surface area (TPSA) is 52.3 Å². The second kappa shape index (κ2) is 4.12. The largest absolute Gasteiger partial charge is 0.456 e. The van der Waals surface area contributed by atoms with Gasteiger partial charge in [0, 0.05) is 5.69 Å². The summed E-state index contributed by atoms with van der Waals surface area (Å²) >= 11 is 0. The maximum absolute atomic E-state index is 13.5. The first-order valence-corrected chi connectivity index (χ1v) is 4.99. The second-order valence-electron chi connectivity index (χ2n) is 4.69. The van der Waals surface area contributed by atoms with Crippen LogP contribution in [-0.4, -0.2) is 11.6 Å². The number of nitrogen functional groups attached to an aromatic ring is 1. The number of ether oxygens (including phenoxy) is 1. The Bertz CT molecular complexity index is 422. The van der Waals surface area contributed by atoms with Crippen LogP contribution in [0, 0.1) is 12.7 Å². The van der Waals surface area contributed by atoms with E-state index in [1.165, 1.54) is 12.1 Å². The number of anilines is 1. The monoisotopic (exact) mass is 225 g/mol. The van der Waals surface area contributed by atoms with Gasteiger partial charge in [-0.05, 0) is 45.4 Å². The Labute approximate surface area is 94.4 Å². The maximum Gasteiger partial charge on any atom is 0.341 e. The molecule has 1 aromatic rings. The number of hydrogen-bond acceptors (Lipinski definition) is 3. The van der Waals surface area contributed by atoms with Crippen LogP contribution in [0.1, 0.15) is 36.7 Å². The highest BCUT2D eigenvalue weighted by Crippen LogP contribution is 2.20. The molecule has 1 aromatic carbocycles. The Morgan fingerprint density at radius 1 is 1.38 bits per heavy atom. The molecule has 0 amide bonds. The SMILES string of the molecule is Cc1cc(F)c(C(=O)OC(C)(C)C)cc1N. The Morgan fingerprint density at radius 2 is 1.94 bits per heavy atom. The molecule has 0 spiro atoms. The molecule has 0 saturated heterocycles. The molecular weight excluding hydrogens is 209 g/mol. The third-order valence-corrected chi connectivity index (χ3v) is 1.97. The normalized spacial score (nSPS) is 11.3. The van der Waals surface area contributed by atoms with Crippen LogP contribution < -0.4 is 5.73 Å². The van der Waals surface area contributed by atoms with E-state index >= 15 is 0 Å². The van der Waals surface area contributed by atoms with Crippen molar-refractivity contribution in [1.29, 1.82) is 0 Å². The third-order valence-electron chi connectivity index (χ3n) is 1.97. The minimum absolute atomic E-state index is 0.127. The van der Waals surface area contributed by atoms with Gasteiger partial charge >= 0.3 is 5.97 Å². The van der Waals surface area contributed by atoms with Crippen LogP contribution in [0.2, 0.25) is 0 Å². The summed E-state index contributed by atoms with van der Waals surface area (Å²) in [6.45, 7) is 6.85. The smallest absolute Gasteiger partial charge is 0.341 e. The first kappa shape index (κ1) is 12.5. The standard InChI is InChI=1S/C12H16FNO2/c1-7-5-9(13)8(6-10(7)14)11(15)16-12(2,3)4/h5-6H,14H2,1-4H3. The van der Waals surface area contributed by atoms with Crippen molar-refractivity contribution < 1.29 is 13.9 Å². The van der Waals surface area contributed by atoms with Gasteiger partial charge in [0.05, 0.1) is 5.56 Å². The number of halogens is 1. The van der Waals surface area contributed by atoms with Crippen LogP contribution in [0.3, 0.4) is 0 Å². The molecule has 0 radical (unpaired) electrons. The summed E-state index contributed by atoms with van der Waals surface area (Å²) in [5.74, 6) is -1.31. The number of nitrogens with two attached hydrogens (primary N) is 1. The van der Waals surface area contributed by atoms with Crippen LogP contribution >= 0.6 is 0 Å². The minimum Gasteiger partial charge on any atom is -0.456 e. The van der Waals surface area contributed by atoms with Crippen LogP contribution in [0.5, 0.6) is 0 Å². The zero-order chi connectivity index (χ0) is 12.5. The lowest BCUT2D eigenvalue weighted by atomic mass is 10.1. The van der Waals surface area contributed by atoms with Gasteiger partial charge in [-0.1, -0.05) is 0 Å². The fourth-order valence-electron chi connectivity index (χ4n) is 1.18. The molecule has 16 heavy (non-hydrogen) atoms. The van der Waals surface area contributed by atoms with Crippen molar-refractivity contribution in [3.05, 3.63) is 29.1 Å². The van der Waals surface area contributed by atoms with Crippen molar-refractivity contribution in [2.45, 2.75) is 33.3 Å². The quantitative estimate of drug-likeness (QED) is 0.590. The van der Waals surface area contributed by atoms with Crippen molar-refractivity contribution in [2.75, 3.05) is 5.73 Å². The molecule has 88 valence electrons. The Balaban J connectivity index is 3.05. The van der Waals surface area contributed by atoms with Gasteiger partial charge in [0.1, 0.15) is 11.4 Å². The van der Waals surface area contributed by atoms with E-state index in [0.717, 1.165) is 0 Å². The number of rotatable bonds is 1. The van der Waals surface area contributed by atoms with Gasteiger partial charge < -0.3 is 10.5 Å². The highest BCUT2D eigenvalue weighted by molar-refractivity contribution is 5.91. The van der Waals surface area contributed by atoms with Crippen molar-refractivity contribution in [2.24, 2.45) is 0 Å². The summed E-state index contributed by atoms with van der Waals surface area (Å²) in [4.78, 5) is 11.6. The molecule has 4 heteroatoms. The zero-order valence-electron chi connectivity index (χ0n) is 9.93. The van der Waals surface area contributed by atoms with Crippen LogP contribution in [0.4, 0.5) is 10.1 Å². The molecule has 0 fully saturated rings. The van der Waals surface area contributed by atoms with Gasteiger partial charge in [-0.25, -0.2) is 9.18 Å². The predicted molar refractivity (Wildman–Crippen MR) is 60.7 cm³/mol. The molecule has 2 N–H and O–H groups in total. The zero-order valence-corrected chi connectivity index (χ0v) is 9.93. The van der Waals surface area contributed by atoms with E-state index in [-0.39, 0.29) is 5.56 Å². The van der Waals surface area contributed by atoms with Crippen molar-refractivity contribution in [1.82, 2.24) is 0 Å². The van der Waals surface area contributed by atoms with E-state index in [9.17, 15) is 9.18 Å². The van der Waals surface area contributed by atoms with Gasteiger partial charge in [-0.3, -0.25) is 0 Å². The molecule has 0 unspecified atom stereocenters. The van der Waals surface area contributed by atoms with E-state index in [4.69, 9.17) is 10.5 Å². The van der Waals surface area contributed by atoms with Gasteiger partial charge in [0.25, 0.3) is 0 Å². The number of aryl methyl sites for hydroxylation is 1. The van der Waals surface area contributed by atoms with E-state index in [0.29, 0.717) is 11.3 Å². The van der Waals surface area contributed by atoms with Crippen molar-refractivity contribution in [3.63, 3.8) is 0 Å².